The van der Waals surface area contributed by atoms with E-state index in [1.807, 2.05) is 6.92 Å². The van der Waals surface area contributed by atoms with Gasteiger partial charge in [-0.3, -0.25) is 0 Å². The van der Waals surface area contributed by atoms with Crippen molar-refractivity contribution in [1.29, 1.82) is 0 Å². The maximum Gasteiger partial charge on any atom is 0.443 e. The van der Waals surface area contributed by atoms with Gasteiger partial charge in [-0.15, -0.1) is 11.3 Å². The van der Waals surface area contributed by atoms with Crippen LogP contribution in [0.3, 0.4) is 0 Å². The fourth-order valence-electron chi connectivity index (χ4n) is 1.36. The number of alkyl halides is 3. The first-order valence-electron chi connectivity index (χ1n) is 5.72. The lowest BCUT2D eigenvalue weighted by atomic mass is 10.3. The molecule has 1 unspecified atom stereocenters. The Balaban J connectivity index is 2.76. The summed E-state index contributed by atoms with van der Waals surface area (Å²) in [7, 11) is 0. The number of nitrogens with one attached hydrogen (secondary N) is 1. The zero-order valence-electron chi connectivity index (χ0n) is 10.5. The zero-order valence-corrected chi connectivity index (χ0v) is 12.2. The van der Waals surface area contributed by atoms with Crippen LogP contribution in [0.25, 0.3) is 0 Å². The molecule has 104 valence electrons. The average molecular weight is 298 g/mol. The monoisotopic (exact) mass is 298 g/mol. The number of halogens is 3. The van der Waals surface area contributed by atoms with E-state index in [0.717, 1.165) is 23.6 Å². The molecule has 0 saturated heterocycles. The van der Waals surface area contributed by atoms with E-state index in [-0.39, 0.29) is 6.04 Å². The summed E-state index contributed by atoms with van der Waals surface area (Å²) in [6, 6.07) is -0.0593. The Hall–Kier alpha value is -0.270. The van der Waals surface area contributed by atoms with Gasteiger partial charge in [-0.05, 0) is 11.8 Å². The third kappa shape index (κ3) is 4.78. The van der Waals surface area contributed by atoms with Crippen LogP contribution in [0.1, 0.15) is 36.7 Å². The number of aromatic nitrogens is 1. The van der Waals surface area contributed by atoms with Gasteiger partial charge < -0.3 is 5.32 Å². The summed E-state index contributed by atoms with van der Waals surface area (Å²) in [5, 5.41) is 2.89. The first-order chi connectivity index (χ1) is 8.34. The minimum absolute atomic E-state index is 0.0593. The maximum absolute atomic E-state index is 12.5. The lowest BCUT2D eigenvalue weighted by Gasteiger charge is -2.16. The quantitative estimate of drug-likeness (QED) is 0.860. The van der Waals surface area contributed by atoms with Crippen molar-refractivity contribution in [2.45, 2.75) is 38.2 Å². The molecule has 0 aromatic carbocycles. The number of nitrogens with zero attached hydrogens (tertiary/aromatic N) is 1. The molecule has 1 rings (SSSR count). The van der Waals surface area contributed by atoms with Crippen molar-refractivity contribution in [2.24, 2.45) is 0 Å². The van der Waals surface area contributed by atoms with Crippen LogP contribution >= 0.6 is 23.1 Å². The summed E-state index contributed by atoms with van der Waals surface area (Å²) in [6.45, 7) is 6.81. The fraction of sp³-hybridized carbons (Fsp3) is 0.727. The SMILES string of the molecule is CCNC(CSC(C)C)c1cnc(C(F)(F)F)s1. The number of hydrogen-bond acceptors (Lipinski definition) is 4. The molecule has 7 heteroatoms. The van der Waals surface area contributed by atoms with E-state index in [9.17, 15) is 13.2 Å². The summed E-state index contributed by atoms with van der Waals surface area (Å²) < 4.78 is 37.5. The van der Waals surface area contributed by atoms with Crippen molar-refractivity contribution in [1.82, 2.24) is 10.3 Å². The lowest BCUT2D eigenvalue weighted by molar-refractivity contribution is -0.137. The Bertz CT molecular complexity index is 363. The molecule has 0 aliphatic carbocycles. The van der Waals surface area contributed by atoms with Crippen LogP contribution in [0, 0.1) is 0 Å². The second-order valence-electron chi connectivity index (χ2n) is 4.06. The number of hydrogen-bond donors (Lipinski definition) is 1. The molecule has 18 heavy (non-hydrogen) atoms. The molecule has 0 aliphatic heterocycles. The molecule has 0 aliphatic rings. The summed E-state index contributed by atoms with van der Waals surface area (Å²) in [4.78, 5) is 4.11. The van der Waals surface area contributed by atoms with Crippen LogP contribution in [0.4, 0.5) is 13.2 Å². The summed E-state index contributed by atoms with van der Waals surface area (Å²) in [5.41, 5.74) is 0. The van der Waals surface area contributed by atoms with E-state index < -0.39 is 11.2 Å². The Morgan fingerprint density at radius 1 is 1.44 bits per heavy atom. The molecule has 0 radical (unpaired) electrons. The predicted molar refractivity (Wildman–Crippen MR) is 71.1 cm³/mol. The van der Waals surface area contributed by atoms with Crippen LogP contribution in [-0.2, 0) is 6.18 Å². The third-order valence-corrected chi connectivity index (χ3v) is 4.50. The number of thiazole rings is 1. The van der Waals surface area contributed by atoms with Gasteiger partial charge in [0.15, 0.2) is 5.01 Å². The van der Waals surface area contributed by atoms with E-state index >= 15 is 0 Å². The molecular weight excluding hydrogens is 281 g/mol. The number of thioether (sulfide) groups is 1. The smallest absolute Gasteiger partial charge is 0.309 e. The van der Waals surface area contributed by atoms with Gasteiger partial charge in [-0.1, -0.05) is 20.8 Å². The van der Waals surface area contributed by atoms with Crippen molar-refractivity contribution in [3.8, 4) is 0 Å². The average Bonchev–Trinajstić information content (AvgIpc) is 2.72. The molecule has 1 atom stereocenters. The normalized spacial score (nSPS) is 14.2. The summed E-state index contributed by atoms with van der Waals surface area (Å²) >= 11 is 2.45. The minimum atomic E-state index is -4.34. The molecule has 1 N–H and O–H groups in total. The summed E-state index contributed by atoms with van der Waals surface area (Å²) in [5.74, 6) is 0.755. The molecule has 2 nitrogen and oxygen atoms in total. The standard InChI is InChI=1S/C11H17F3N2S2/c1-4-15-8(6-17-7(2)3)9-5-16-10(18-9)11(12,13)14/h5,7-8,15H,4,6H2,1-3H3. The van der Waals surface area contributed by atoms with Gasteiger partial charge in [0.05, 0.1) is 6.04 Å². The zero-order chi connectivity index (χ0) is 13.8. The van der Waals surface area contributed by atoms with Gasteiger partial charge in [0.1, 0.15) is 0 Å². The minimum Gasteiger partial charge on any atom is -0.309 e. The van der Waals surface area contributed by atoms with Crippen LogP contribution in [0.15, 0.2) is 6.20 Å². The van der Waals surface area contributed by atoms with Crippen molar-refractivity contribution >= 4 is 23.1 Å². The number of rotatable bonds is 6. The predicted octanol–water partition coefficient (Wildman–Crippen LogP) is 3.95. The highest BCUT2D eigenvalue weighted by Crippen LogP contribution is 2.35. The summed E-state index contributed by atoms with van der Waals surface area (Å²) in [6.07, 6.45) is -3.01. The van der Waals surface area contributed by atoms with Crippen molar-refractivity contribution in [3.05, 3.63) is 16.1 Å². The van der Waals surface area contributed by atoms with Crippen molar-refractivity contribution in [2.75, 3.05) is 12.3 Å². The lowest BCUT2D eigenvalue weighted by Crippen LogP contribution is -2.22. The molecule has 1 aromatic rings. The van der Waals surface area contributed by atoms with E-state index in [2.05, 4.69) is 24.1 Å². The Morgan fingerprint density at radius 2 is 2.11 bits per heavy atom. The van der Waals surface area contributed by atoms with Crippen LogP contribution in [-0.4, -0.2) is 22.5 Å². The second kappa shape index (κ2) is 6.77. The first-order valence-corrected chi connectivity index (χ1v) is 7.59. The molecule has 1 aromatic heterocycles. The van der Waals surface area contributed by atoms with Gasteiger partial charge in [-0.25, -0.2) is 4.98 Å². The molecule has 0 bridgehead atoms. The fourth-order valence-corrected chi connectivity index (χ4v) is 3.19. The molecular formula is C11H17F3N2S2. The van der Waals surface area contributed by atoms with Gasteiger partial charge in [0, 0.05) is 16.8 Å². The van der Waals surface area contributed by atoms with E-state index in [1.54, 1.807) is 11.8 Å². The highest BCUT2D eigenvalue weighted by Gasteiger charge is 2.35. The second-order valence-corrected chi connectivity index (χ2v) is 6.73. The van der Waals surface area contributed by atoms with Crippen molar-refractivity contribution in [3.63, 3.8) is 0 Å². The third-order valence-electron chi connectivity index (χ3n) is 2.16. The first kappa shape index (κ1) is 15.8. The Morgan fingerprint density at radius 3 is 2.56 bits per heavy atom. The van der Waals surface area contributed by atoms with Gasteiger partial charge in [-0.2, -0.15) is 24.9 Å². The van der Waals surface area contributed by atoms with E-state index in [1.165, 1.54) is 6.20 Å². The van der Waals surface area contributed by atoms with Crippen molar-refractivity contribution < 1.29 is 13.2 Å². The van der Waals surface area contributed by atoms with Crippen LogP contribution in [0.5, 0.6) is 0 Å². The molecule has 0 spiro atoms. The van der Waals surface area contributed by atoms with E-state index in [4.69, 9.17) is 0 Å². The van der Waals surface area contributed by atoms with E-state index in [0.29, 0.717) is 10.1 Å². The van der Waals surface area contributed by atoms with Crippen LogP contribution in [0.2, 0.25) is 0 Å². The molecule has 1 heterocycles. The topological polar surface area (TPSA) is 24.9 Å². The van der Waals surface area contributed by atoms with Gasteiger partial charge >= 0.3 is 6.18 Å². The van der Waals surface area contributed by atoms with Gasteiger partial charge in [0.2, 0.25) is 0 Å². The highest BCUT2D eigenvalue weighted by atomic mass is 32.2. The molecule has 0 fully saturated rings. The largest absolute Gasteiger partial charge is 0.443 e. The maximum atomic E-state index is 12.5. The highest BCUT2D eigenvalue weighted by molar-refractivity contribution is 7.99. The molecule has 0 saturated carbocycles. The Labute approximate surface area is 113 Å². The Kier molecular flexibility index (Phi) is 5.94. The van der Waals surface area contributed by atoms with Crippen LogP contribution < -0.4 is 5.32 Å². The van der Waals surface area contributed by atoms with Gasteiger partial charge in [0.25, 0.3) is 0 Å². The molecule has 0 amide bonds.